The molecule has 0 radical (unpaired) electrons. The Balaban J connectivity index is 0.000000169. The van der Waals surface area contributed by atoms with Crippen LogP contribution in [0.4, 0.5) is 10.5 Å². The number of hydrogen-bond acceptors (Lipinski definition) is 5. The molecule has 2 aliphatic carbocycles. The summed E-state index contributed by atoms with van der Waals surface area (Å²) in [5.41, 5.74) is 11.1. The van der Waals surface area contributed by atoms with Crippen molar-refractivity contribution in [2.75, 3.05) is 5.32 Å². The van der Waals surface area contributed by atoms with E-state index in [2.05, 4.69) is 5.32 Å². The molecule has 28 heavy (non-hydrogen) atoms. The molecule has 7 heteroatoms. The van der Waals surface area contributed by atoms with Crippen molar-refractivity contribution in [1.82, 2.24) is 4.98 Å². The van der Waals surface area contributed by atoms with E-state index in [1.807, 2.05) is 24.3 Å². The number of nitrogens with zero attached hydrogens (tertiary/aromatic N) is 1. The van der Waals surface area contributed by atoms with Gasteiger partial charge in [0, 0.05) is 16.3 Å². The Labute approximate surface area is 170 Å². The Kier molecular flexibility index (Phi) is 6.27. The standard InChI is InChI=1S/C12H15N3O.C9H13NOS/c13-12(16)15-11-7-3-1-5-9(7)14-10-6-2-4-8(10)11;1-9(2,11)7-4-3-5-8(6-7)12-10/h1-6H2,(H3,13,14,15,16);3-6,11H,10H2,1-2H3. The molecule has 0 saturated heterocycles. The number of aliphatic hydroxyl groups is 1. The van der Waals surface area contributed by atoms with Crippen molar-refractivity contribution in [2.24, 2.45) is 10.9 Å². The van der Waals surface area contributed by atoms with Crippen molar-refractivity contribution in [3.63, 3.8) is 0 Å². The molecule has 6 nitrogen and oxygen atoms in total. The van der Waals surface area contributed by atoms with Gasteiger partial charge in [0.2, 0.25) is 0 Å². The number of carbonyl (C=O) groups is 1. The molecule has 1 heterocycles. The highest BCUT2D eigenvalue weighted by Gasteiger charge is 2.25. The van der Waals surface area contributed by atoms with Gasteiger partial charge in [-0.25, -0.2) is 4.79 Å². The second-order valence-electron chi connectivity index (χ2n) is 7.74. The van der Waals surface area contributed by atoms with E-state index in [-0.39, 0.29) is 0 Å². The zero-order valence-electron chi connectivity index (χ0n) is 16.4. The molecule has 0 aliphatic heterocycles. The number of nitrogens with one attached hydrogen (secondary N) is 1. The fourth-order valence-electron chi connectivity index (χ4n) is 3.81. The molecule has 0 fully saturated rings. The van der Waals surface area contributed by atoms with Gasteiger partial charge in [-0.3, -0.25) is 10.1 Å². The van der Waals surface area contributed by atoms with Gasteiger partial charge in [-0.05, 0) is 93.1 Å². The maximum absolute atomic E-state index is 11.1. The molecular weight excluding hydrogens is 372 g/mol. The van der Waals surface area contributed by atoms with E-state index in [9.17, 15) is 9.90 Å². The predicted molar refractivity (Wildman–Crippen MR) is 113 cm³/mol. The van der Waals surface area contributed by atoms with Crippen LogP contribution in [0, 0.1) is 0 Å². The number of carbonyl (C=O) groups excluding carboxylic acids is 1. The number of benzene rings is 1. The maximum atomic E-state index is 11.1. The third kappa shape index (κ3) is 4.66. The number of aromatic nitrogens is 1. The molecule has 0 bridgehead atoms. The second kappa shape index (κ2) is 8.51. The molecule has 1 aromatic heterocycles. The maximum Gasteiger partial charge on any atom is 0.316 e. The number of aryl methyl sites for hydroxylation is 2. The van der Waals surface area contributed by atoms with E-state index in [0.717, 1.165) is 54.7 Å². The number of hydrogen-bond donors (Lipinski definition) is 4. The SMILES string of the molecule is CC(C)(O)c1cccc(SN)c1.NC(=O)Nc1c2c(nc3c1CCC3)CCC2. The van der Waals surface area contributed by atoms with E-state index in [4.69, 9.17) is 15.9 Å². The summed E-state index contributed by atoms with van der Waals surface area (Å²) in [7, 11) is 0. The smallest absolute Gasteiger partial charge is 0.316 e. The van der Waals surface area contributed by atoms with E-state index >= 15 is 0 Å². The minimum Gasteiger partial charge on any atom is -0.386 e. The summed E-state index contributed by atoms with van der Waals surface area (Å²) in [4.78, 5) is 16.7. The van der Waals surface area contributed by atoms with Crippen LogP contribution in [0.5, 0.6) is 0 Å². The number of amides is 2. The molecule has 6 N–H and O–H groups in total. The molecule has 0 unspecified atom stereocenters. The quantitative estimate of drug-likeness (QED) is 0.589. The van der Waals surface area contributed by atoms with Crippen LogP contribution in [0.3, 0.4) is 0 Å². The summed E-state index contributed by atoms with van der Waals surface area (Å²) >= 11 is 1.19. The zero-order valence-corrected chi connectivity index (χ0v) is 17.2. The predicted octanol–water partition coefficient (Wildman–Crippen LogP) is 3.43. The lowest BCUT2D eigenvalue weighted by Crippen LogP contribution is -2.21. The number of fused-ring (bicyclic) bond motifs is 2. The van der Waals surface area contributed by atoms with Crippen molar-refractivity contribution in [1.29, 1.82) is 0 Å². The fourth-order valence-corrected chi connectivity index (χ4v) is 4.16. The monoisotopic (exact) mass is 400 g/mol. The number of primary amides is 1. The highest BCUT2D eigenvalue weighted by molar-refractivity contribution is 7.97. The summed E-state index contributed by atoms with van der Waals surface area (Å²) in [5.74, 6) is 0. The lowest BCUT2D eigenvalue weighted by molar-refractivity contribution is 0.0784. The van der Waals surface area contributed by atoms with Gasteiger partial charge >= 0.3 is 6.03 Å². The van der Waals surface area contributed by atoms with Crippen LogP contribution in [0.2, 0.25) is 0 Å². The lowest BCUT2D eigenvalue weighted by Gasteiger charge is -2.17. The normalized spacial score (nSPS) is 14.7. The van der Waals surface area contributed by atoms with Gasteiger partial charge in [-0.2, -0.15) is 0 Å². The van der Waals surface area contributed by atoms with Gasteiger partial charge in [-0.15, -0.1) is 0 Å². The molecule has 0 atom stereocenters. The Bertz CT molecular complexity index is 845. The summed E-state index contributed by atoms with van der Waals surface area (Å²) in [5, 5.41) is 17.9. The number of rotatable bonds is 3. The molecule has 0 saturated carbocycles. The zero-order chi connectivity index (χ0) is 20.3. The van der Waals surface area contributed by atoms with Crippen LogP contribution in [0.25, 0.3) is 0 Å². The summed E-state index contributed by atoms with van der Waals surface area (Å²) < 4.78 is 0. The lowest BCUT2D eigenvalue weighted by atomic mass is 9.99. The number of anilines is 1. The highest BCUT2D eigenvalue weighted by Crippen LogP contribution is 2.36. The van der Waals surface area contributed by atoms with Crippen molar-refractivity contribution in [3.05, 3.63) is 52.3 Å². The Hall–Kier alpha value is -2.09. The van der Waals surface area contributed by atoms with Crippen LogP contribution in [-0.2, 0) is 31.3 Å². The molecule has 0 spiro atoms. The molecule has 4 rings (SSSR count). The van der Waals surface area contributed by atoms with E-state index in [1.165, 1.54) is 34.5 Å². The van der Waals surface area contributed by atoms with Gasteiger partial charge in [-0.1, -0.05) is 12.1 Å². The first-order chi connectivity index (χ1) is 13.3. The topological polar surface area (TPSA) is 114 Å². The second-order valence-corrected chi connectivity index (χ2v) is 8.45. The third-order valence-corrected chi connectivity index (χ3v) is 5.70. The molecule has 2 aromatic rings. The third-order valence-electron chi connectivity index (χ3n) is 5.18. The Morgan fingerprint density at radius 1 is 1.14 bits per heavy atom. The molecule has 2 aliphatic rings. The minimum absolute atomic E-state index is 0.464. The van der Waals surface area contributed by atoms with Crippen molar-refractivity contribution >= 4 is 23.7 Å². The highest BCUT2D eigenvalue weighted by atomic mass is 32.2. The first-order valence-electron chi connectivity index (χ1n) is 9.59. The van der Waals surface area contributed by atoms with Gasteiger partial charge in [0.15, 0.2) is 0 Å². The van der Waals surface area contributed by atoms with Crippen LogP contribution < -0.4 is 16.2 Å². The number of nitrogens with two attached hydrogens (primary N) is 2. The number of urea groups is 1. The Morgan fingerprint density at radius 3 is 2.25 bits per heavy atom. The van der Waals surface area contributed by atoms with E-state index < -0.39 is 11.6 Å². The molecule has 1 aromatic carbocycles. The minimum atomic E-state index is -0.786. The fraction of sp³-hybridized carbons (Fsp3) is 0.429. The summed E-state index contributed by atoms with van der Waals surface area (Å²) in [6, 6.07) is 7.13. The average molecular weight is 401 g/mol. The van der Waals surface area contributed by atoms with Crippen LogP contribution >= 0.6 is 11.9 Å². The number of pyridine rings is 1. The Morgan fingerprint density at radius 2 is 1.75 bits per heavy atom. The van der Waals surface area contributed by atoms with E-state index in [0.29, 0.717) is 0 Å². The molecule has 2 amide bonds. The molecule has 150 valence electrons. The largest absolute Gasteiger partial charge is 0.386 e. The van der Waals surface area contributed by atoms with E-state index in [1.54, 1.807) is 13.8 Å². The van der Waals surface area contributed by atoms with Gasteiger partial charge in [0.05, 0.1) is 11.3 Å². The molecular formula is C21H28N4O2S. The van der Waals surface area contributed by atoms with Crippen LogP contribution in [-0.4, -0.2) is 16.1 Å². The van der Waals surface area contributed by atoms with Crippen molar-refractivity contribution < 1.29 is 9.90 Å². The van der Waals surface area contributed by atoms with Gasteiger partial charge in [0.1, 0.15) is 0 Å². The summed E-state index contributed by atoms with van der Waals surface area (Å²) in [6.07, 6.45) is 6.39. The van der Waals surface area contributed by atoms with Crippen molar-refractivity contribution in [3.8, 4) is 0 Å². The van der Waals surface area contributed by atoms with Crippen LogP contribution in [0.15, 0.2) is 29.2 Å². The van der Waals surface area contributed by atoms with Crippen molar-refractivity contribution in [2.45, 2.75) is 62.9 Å². The summed E-state index contributed by atoms with van der Waals surface area (Å²) in [6.45, 7) is 3.51. The first kappa shape index (κ1) is 20.6. The van der Waals surface area contributed by atoms with Gasteiger partial charge < -0.3 is 16.2 Å². The van der Waals surface area contributed by atoms with Gasteiger partial charge in [0.25, 0.3) is 0 Å². The first-order valence-corrected chi connectivity index (χ1v) is 10.5. The van der Waals surface area contributed by atoms with Crippen LogP contribution in [0.1, 0.15) is 54.8 Å². The average Bonchev–Trinajstić information content (AvgIpc) is 3.30.